The van der Waals surface area contributed by atoms with Crippen LogP contribution in [0, 0.1) is 5.82 Å². The van der Waals surface area contributed by atoms with Crippen LogP contribution in [0.5, 0.6) is 0 Å². The number of nitrogens with zero attached hydrogens (tertiary/aromatic N) is 4. The molecule has 4 rings (SSSR count). The van der Waals surface area contributed by atoms with E-state index in [-0.39, 0.29) is 35.6 Å². The summed E-state index contributed by atoms with van der Waals surface area (Å²) >= 11 is 1.25. The van der Waals surface area contributed by atoms with Gasteiger partial charge in [0.05, 0.1) is 15.1 Å². The van der Waals surface area contributed by atoms with E-state index in [1.807, 2.05) is 30.3 Å². The van der Waals surface area contributed by atoms with Crippen LogP contribution in [0.3, 0.4) is 0 Å². The van der Waals surface area contributed by atoms with E-state index in [9.17, 15) is 17.6 Å². The van der Waals surface area contributed by atoms with Crippen LogP contribution in [0.25, 0.3) is 10.2 Å². The first kappa shape index (κ1) is 30.6. The Morgan fingerprint density at radius 3 is 2.26 bits per heavy atom. The number of likely N-dealkylation sites (N-methyl/N-ethyl adjacent to an activating group) is 1. The van der Waals surface area contributed by atoms with Gasteiger partial charge in [0.15, 0.2) is 5.13 Å². The van der Waals surface area contributed by atoms with Gasteiger partial charge in [-0.05, 0) is 61.1 Å². The molecule has 0 aliphatic heterocycles. The summed E-state index contributed by atoms with van der Waals surface area (Å²) in [5, 5.41) is 0.474. The summed E-state index contributed by atoms with van der Waals surface area (Å²) in [4.78, 5) is 22.1. The number of carbonyl (C=O) groups excluding carboxylic acids is 1. The highest BCUT2D eigenvalue weighted by atomic mass is 35.5. The molecule has 208 valence electrons. The van der Waals surface area contributed by atoms with Gasteiger partial charge in [0.25, 0.3) is 5.91 Å². The van der Waals surface area contributed by atoms with Gasteiger partial charge in [0.2, 0.25) is 10.0 Å². The van der Waals surface area contributed by atoms with Crippen molar-refractivity contribution in [2.24, 2.45) is 0 Å². The highest BCUT2D eigenvalue weighted by molar-refractivity contribution is 7.89. The van der Waals surface area contributed by atoms with Crippen LogP contribution < -0.4 is 4.90 Å². The van der Waals surface area contributed by atoms with Crippen LogP contribution in [0.2, 0.25) is 0 Å². The predicted molar refractivity (Wildman–Crippen MR) is 158 cm³/mol. The molecule has 0 aliphatic carbocycles. The molecule has 1 heterocycles. The highest BCUT2D eigenvalue weighted by Crippen LogP contribution is 2.30. The molecule has 1 amide bonds. The number of hydrogen-bond donors (Lipinski definition) is 0. The summed E-state index contributed by atoms with van der Waals surface area (Å²) in [7, 11) is -2.21. The number of benzene rings is 3. The zero-order chi connectivity index (χ0) is 27.3. The van der Waals surface area contributed by atoms with E-state index in [0.29, 0.717) is 34.0 Å². The van der Waals surface area contributed by atoms with Gasteiger partial charge in [-0.1, -0.05) is 55.5 Å². The van der Waals surface area contributed by atoms with Gasteiger partial charge >= 0.3 is 0 Å². The number of thiazole rings is 1. The van der Waals surface area contributed by atoms with Crippen molar-refractivity contribution in [2.75, 3.05) is 38.1 Å². The number of sulfonamides is 1. The Balaban J connectivity index is 0.00000420. The van der Waals surface area contributed by atoms with Crippen LogP contribution in [0.1, 0.15) is 29.8 Å². The van der Waals surface area contributed by atoms with Crippen LogP contribution in [0.4, 0.5) is 9.52 Å². The monoisotopic (exact) mass is 590 g/mol. The van der Waals surface area contributed by atoms with Crippen molar-refractivity contribution < 1.29 is 17.6 Å². The average molecular weight is 591 g/mol. The third kappa shape index (κ3) is 7.20. The summed E-state index contributed by atoms with van der Waals surface area (Å²) < 4.78 is 42.0. The molecule has 39 heavy (non-hydrogen) atoms. The molecule has 7 nitrogen and oxygen atoms in total. The molecule has 0 saturated carbocycles. The number of fused-ring (bicyclic) bond motifs is 1. The van der Waals surface area contributed by atoms with Crippen LogP contribution in [-0.4, -0.2) is 61.7 Å². The van der Waals surface area contributed by atoms with Crippen molar-refractivity contribution in [3.05, 3.63) is 89.7 Å². The Morgan fingerprint density at radius 2 is 1.62 bits per heavy atom. The Hall–Kier alpha value is -2.89. The van der Waals surface area contributed by atoms with Gasteiger partial charge in [-0.3, -0.25) is 9.69 Å². The third-order valence-electron chi connectivity index (χ3n) is 6.41. The van der Waals surface area contributed by atoms with Crippen LogP contribution >= 0.6 is 23.7 Å². The highest BCUT2D eigenvalue weighted by Gasteiger charge is 2.25. The summed E-state index contributed by atoms with van der Waals surface area (Å²) in [5.41, 5.74) is 1.85. The fraction of sp³-hybridized carbons (Fsp3) is 0.286. The molecule has 1 aromatic heterocycles. The predicted octanol–water partition coefficient (Wildman–Crippen LogP) is 5.67. The molecule has 0 fully saturated rings. The summed E-state index contributed by atoms with van der Waals surface area (Å²) in [5.74, 6) is -0.652. The van der Waals surface area contributed by atoms with E-state index < -0.39 is 10.0 Å². The maximum absolute atomic E-state index is 13.8. The van der Waals surface area contributed by atoms with E-state index >= 15 is 0 Å². The standard InChI is InChI=1S/C28H31FN4O3S2.ClH/c1-4-32(5-2)17-18-33(28-30-25-16-13-23(29)19-26(25)37-28)27(34)22-11-14-24(15-12-22)38(35,36)31(3)20-21-9-7-6-8-10-21;/h6-16,19H,4-5,17-18,20H2,1-3H3;1H. The van der Waals surface area contributed by atoms with Crippen LogP contribution in [0.15, 0.2) is 77.7 Å². The molecule has 0 unspecified atom stereocenters. The lowest BCUT2D eigenvalue weighted by atomic mass is 10.2. The number of aromatic nitrogens is 1. The Bertz CT molecular complexity index is 1490. The van der Waals surface area contributed by atoms with E-state index in [4.69, 9.17) is 0 Å². The van der Waals surface area contributed by atoms with E-state index in [2.05, 4.69) is 23.7 Å². The number of halogens is 2. The number of hydrogen-bond acceptors (Lipinski definition) is 6. The van der Waals surface area contributed by atoms with Gasteiger partial charge in [-0.2, -0.15) is 4.31 Å². The fourth-order valence-corrected chi connectivity index (χ4v) is 6.27. The molecule has 3 aromatic carbocycles. The van der Waals surface area contributed by atoms with E-state index in [0.717, 1.165) is 18.7 Å². The maximum atomic E-state index is 13.8. The molecule has 0 atom stereocenters. The van der Waals surface area contributed by atoms with Crippen molar-refractivity contribution in [1.82, 2.24) is 14.2 Å². The first-order valence-corrected chi connectivity index (χ1v) is 14.7. The van der Waals surface area contributed by atoms with Crippen molar-refractivity contribution in [2.45, 2.75) is 25.3 Å². The minimum Gasteiger partial charge on any atom is -0.302 e. The molecule has 0 radical (unpaired) electrons. The number of anilines is 1. The average Bonchev–Trinajstić information content (AvgIpc) is 3.34. The van der Waals surface area contributed by atoms with Gasteiger partial charge in [0, 0.05) is 32.2 Å². The lowest BCUT2D eigenvalue weighted by Gasteiger charge is -2.25. The maximum Gasteiger partial charge on any atom is 0.260 e. The summed E-state index contributed by atoms with van der Waals surface area (Å²) in [6.07, 6.45) is 0. The van der Waals surface area contributed by atoms with Crippen molar-refractivity contribution in [3.63, 3.8) is 0 Å². The third-order valence-corrected chi connectivity index (χ3v) is 9.27. The Labute approximate surface area is 239 Å². The van der Waals surface area contributed by atoms with E-state index in [1.54, 1.807) is 11.0 Å². The molecular weight excluding hydrogens is 559 g/mol. The van der Waals surface area contributed by atoms with Crippen molar-refractivity contribution in [1.29, 1.82) is 0 Å². The number of amides is 1. The molecule has 0 bridgehead atoms. The molecule has 0 aliphatic rings. The second kappa shape index (κ2) is 13.5. The molecule has 4 aromatic rings. The van der Waals surface area contributed by atoms with Crippen LogP contribution in [-0.2, 0) is 16.6 Å². The smallest absolute Gasteiger partial charge is 0.260 e. The topological polar surface area (TPSA) is 73.8 Å². The number of carbonyl (C=O) groups is 1. The minimum absolute atomic E-state index is 0. The lowest BCUT2D eigenvalue weighted by Crippen LogP contribution is -2.38. The van der Waals surface area contributed by atoms with Crippen molar-refractivity contribution in [3.8, 4) is 0 Å². The first-order valence-electron chi connectivity index (χ1n) is 12.4. The number of rotatable bonds is 11. The quantitative estimate of drug-likeness (QED) is 0.225. The summed E-state index contributed by atoms with van der Waals surface area (Å²) in [6.45, 7) is 7.07. The largest absolute Gasteiger partial charge is 0.302 e. The fourth-order valence-electron chi connectivity index (χ4n) is 4.10. The normalized spacial score (nSPS) is 11.6. The van der Waals surface area contributed by atoms with Gasteiger partial charge < -0.3 is 4.90 Å². The van der Waals surface area contributed by atoms with Gasteiger partial charge in [-0.15, -0.1) is 12.4 Å². The summed E-state index contributed by atoms with van der Waals surface area (Å²) in [6, 6.07) is 19.7. The van der Waals surface area contributed by atoms with Gasteiger partial charge in [-0.25, -0.2) is 17.8 Å². The molecular formula is C28H32ClFN4O3S2. The lowest BCUT2D eigenvalue weighted by molar-refractivity contribution is 0.0983. The Kier molecular flexibility index (Phi) is 10.6. The SMILES string of the molecule is CCN(CC)CCN(C(=O)c1ccc(S(=O)(=O)N(C)Cc2ccccc2)cc1)c1nc2ccc(F)cc2s1.Cl. The zero-order valence-corrected chi connectivity index (χ0v) is 24.5. The minimum atomic E-state index is -3.75. The van der Waals surface area contributed by atoms with Crippen molar-refractivity contribution >= 4 is 55.0 Å². The second-order valence-corrected chi connectivity index (χ2v) is 11.9. The van der Waals surface area contributed by atoms with Gasteiger partial charge in [0.1, 0.15) is 5.82 Å². The first-order chi connectivity index (χ1) is 18.2. The second-order valence-electron chi connectivity index (χ2n) is 8.86. The molecule has 0 spiro atoms. The zero-order valence-electron chi connectivity index (χ0n) is 22.1. The molecule has 0 N–H and O–H groups in total. The Morgan fingerprint density at radius 1 is 0.949 bits per heavy atom. The molecule has 11 heteroatoms. The van der Waals surface area contributed by atoms with E-state index in [1.165, 1.54) is 59.1 Å². The molecule has 0 saturated heterocycles.